The average molecular weight is 1100 g/mol. The van der Waals surface area contributed by atoms with Gasteiger partial charge in [-0.1, -0.05) is 327 Å². The maximum atomic E-state index is 12.9. The van der Waals surface area contributed by atoms with Crippen LogP contribution in [0, 0.1) is 0 Å². The Morgan fingerprint density at radius 3 is 0.731 bits per heavy atom. The molecule has 458 valence electrons. The lowest BCUT2D eigenvalue weighted by Crippen LogP contribution is -2.30. The molecule has 0 heterocycles. The molecule has 0 spiro atoms. The molecular formula is C72H134O6. The second-order valence-electron chi connectivity index (χ2n) is 23.8. The monoisotopic (exact) mass is 1100 g/mol. The van der Waals surface area contributed by atoms with Crippen LogP contribution < -0.4 is 0 Å². The summed E-state index contributed by atoms with van der Waals surface area (Å²) in [7, 11) is 0. The number of allylic oxidation sites excluding steroid dienone is 6. The zero-order valence-electron chi connectivity index (χ0n) is 52.7. The van der Waals surface area contributed by atoms with Crippen LogP contribution in [0.2, 0.25) is 0 Å². The van der Waals surface area contributed by atoms with E-state index in [0.717, 1.165) is 70.6 Å². The van der Waals surface area contributed by atoms with Gasteiger partial charge in [0.1, 0.15) is 13.2 Å². The van der Waals surface area contributed by atoms with Crippen molar-refractivity contribution < 1.29 is 28.6 Å². The van der Waals surface area contributed by atoms with Gasteiger partial charge in [-0.3, -0.25) is 14.4 Å². The molecule has 0 aromatic carbocycles. The van der Waals surface area contributed by atoms with Crippen LogP contribution in [-0.4, -0.2) is 37.2 Å². The maximum absolute atomic E-state index is 12.9. The summed E-state index contributed by atoms with van der Waals surface area (Å²) < 4.78 is 17.0. The second kappa shape index (κ2) is 67.1. The van der Waals surface area contributed by atoms with Gasteiger partial charge < -0.3 is 14.2 Å². The van der Waals surface area contributed by atoms with Gasteiger partial charge in [-0.2, -0.15) is 0 Å². The summed E-state index contributed by atoms with van der Waals surface area (Å²) >= 11 is 0. The maximum Gasteiger partial charge on any atom is 0.306 e. The largest absolute Gasteiger partial charge is 0.462 e. The van der Waals surface area contributed by atoms with E-state index in [4.69, 9.17) is 14.2 Å². The highest BCUT2D eigenvalue weighted by atomic mass is 16.6. The summed E-state index contributed by atoms with van der Waals surface area (Å²) in [6.45, 7) is 6.69. The topological polar surface area (TPSA) is 78.9 Å². The Labute approximate surface area is 486 Å². The van der Waals surface area contributed by atoms with Gasteiger partial charge in [0.15, 0.2) is 6.10 Å². The van der Waals surface area contributed by atoms with Crippen LogP contribution in [0.4, 0.5) is 0 Å². The van der Waals surface area contributed by atoms with Crippen LogP contribution in [0.25, 0.3) is 0 Å². The van der Waals surface area contributed by atoms with Gasteiger partial charge >= 0.3 is 17.9 Å². The van der Waals surface area contributed by atoms with Gasteiger partial charge in [-0.15, -0.1) is 0 Å². The molecule has 0 aliphatic rings. The zero-order valence-corrected chi connectivity index (χ0v) is 52.7. The zero-order chi connectivity index (χ0) is 56.4. The van der Waals surface area contributed by atoms with E-state index >= 15 is 0 Å². The van der Waals surface area contributed by atoms with E-state index in [1.165, 1.54) is 276 Å². The number of ether oxygens (including phenoxy) is 3. The molecule has 0 aromatic heterocycles. The Morgan fingerprint density at radius 2 is 0.462 bits per heavy atom. The summed E-state index contributed by atoms with van der Waals surface area (Å²) in [5, 5.41) is 0. The van der Waals surface area contributed by atoms with Crippen molar-refractivity contribution in [1.82, 2.24) is 0 Å². The molecule has 6 nitrogen and oxygen atoms in total. The van der Waals surface area contributed by atoms with Gasteiger partial charge in [0, 0.05) is 19.3 Å². The fourth-order valence-electron chi connectivity index (χ4n) is 10.6. The molecule has 0 saturated carbocycles. The fourth-order valence-corrected chi connectivity index (χ4v) is 10.6. The molecule has 0 radical (unpaired) electrons. The Kier molecular flexibility index (Phi) is 65.1. The molecule has 78 heavy (non-hydrogen) atoms. The average Bonchev–Trinajstić information content (AvgIpc) is 3.44. The van der Waals surface area contributed by atoms with Crippen molar-refractivity contribution in [1.29, 1.82) is 0 Å². The van der Waals surface area contributed by atoms with Crippen LogP contribution in [0.5, 0.6) is 0 Å². The normalized spacial score (nSPS) is 12.2. The molecule has 1 unspecified atom stereocenters. The second-order valence-corrected chi connectivity index (χ2v) is 23.8. The highest BCUT2D eigenvalue weighted by Gasteiger charge is 2.19. The molecule has 0 saturated heterocycles. The van der Waals surface area contributed by atoms with Crippen LogP contribution in [0.3, 0.4) is 0 Å². The lowest BCUT2D eigenvalue weighted by atomic mass is 10.0. The molecule has 0 aliphatic heterocycles. The first-order valence-corrected chi connectivity index (χ1v) is 35.0. The van der Waals surface area contributed by atoms with E-state index in [2.05, 4.69) is 57.2 Å². The molecule has 6 heteroatoms. The quantitative estimate of drug-likeness (QED) is 0.0261. The SMILES string of the molecule is CCCCCC/C=C\C/C=C\CCCCCCCCCC(=O)OC(COC(=O)CCCCCCCCC/C=C\CCCCCCCCC)COC(=O)CCCCCCCCCCCCCCCCCCCCCCCCCC. The molecule has 0 amide bonds. The van der Waals surface area contributed by atoms with Crippen molar-refractivity contribution in [3.63, 3.8) is 0 Å². The van der Waals surface area contributed by atoms with Crippen molar-refractivity contribution in [3.05, 3.63) is 36.5 Å². The summed E-state index contributed by atoms with van der Waals surface area (Å²) in [4.78, 5) is 38.4. The summed E-state index contributed by atoms with van der Waals surface area (Å²) in [6, 6.07) is 0. The number of rotatable bonds is 65. The van der Waals surface area contributed by atoms with Gasteiger partial charge in [-0.05, 0) is 77.0 Å². The number of esters is 3. The van der Waals surface area contributed by atoms with Gasteiger partial charge in [-0.25, -0.2) is 0 Å². The van der Waals surface area contributed by atoms with Crippen LogP contribution >= 0.6 is 0 Å². The highest BCUT2D eigenvalue weighted by Crippen LogP contribution is 2.18. The predicted octanol–water partition coefficient (Wildman–Crippen LogP) is 23.9. The third kappa shape index (κ3) is 64.5. The summed E-state index contributed by atoms with van der Waals surface area (Å²) in [5.74, 6) is -0.856. The van der Waals surface area contributed by atoms with E-state index in [0.29, 0.717) is 19.3 Å². The highest BCUT2D eigenvalue weighted by molar-refractivity contribution is 5.71. The lowest BCUT2D eigenvalue weighted by molar-refractivity contribution is -0.167. The standard InChI is InChI=1S/C72H134O6/c1-4-7-10-13-16-19-22-25-28-31-34-35-36-37-38-39-42-44-47-50-53-56-59-62-65-71(74)77-68-69(78-72(75)66-63-60-57-54-51-48-45-41-33-30-27-24-21-18-15-12-9-6-3)67-76-70(73)64-61-58-55-52-49-46-43-40-32-29-26-23-20-17-14-11-8-5-2/h21,24,29-30,32-33,69H,4-20,22-23,25-28,31,34-68H2,1-3H3/b24-21-,32-29-,33-30-. The minimum Gasteiger partial charge on any atom is -0.462 e. The van der Waals surface area contributed by atoms with E-state index in [9.17, 15) is 14.4 Å². The Morgan fingerprint density at radius 1 is 0.256 bits per heavy atom. The van der Waals surface area contributed by atoms with Crippen LogP contribution in [0.15, 0.2) is 36.5 Å². The number of hydrogen-bond acceptors (Lipinski definition) is 6. The van der Waals surface area contributed by atoms with E-state index in [1.54, 1.807) is 0 Å². The minimum absolute atomic E-state index is 0.0722. The number of hydrogen-bond donors (Lipinski definition) is 0. The molecule has 0 aliphatic carbocycles. The third-order valence-electron chi connectivity index (χ3n) is 15.9. The molecule has 0 aromatic rings. The Bertz CT molecular complexity index is 1300. The van der Waals surface area contributed by atoms with Crippen LogP contribution in [-0.2, 0) is 28.6 Å². The first-order chi connectivity index (χ1) is 38.5. The van der Waals surface area contributed by atoms with Crippen molar-refractivity contribution in [2.24, 2.45) is 0 Å². The van der Waals surface area contributed by atoms with E-state index in [-0.39, 0.29) is 31.1 Å². The molecule has 0 bridgehead atoms. The van der Waals surface area contributed by atoms with Crippen LogP contribution in [0.1, 0.15) is 387 Å². The molecule has 0 fully saturated rings. The van der Waals surface area contributed by atoms with Crippen molar-refractivity contribution >= 4 is 17.9 Å². The Balaban J connectivity index is 4.30. The first kappa shape index (κ1) is 75.6. The lowest BCUT2D eigenvalue weighted by Gasteiger charge is -2.18. The third-order valence-corrected chi connectivity index (χ3v) is 15.9. The van der Waals surface area contributed by atoms with Gasteiger partial charge in [0.2, 0.25) is 0 Å². The van der Waals surface area contributed by atoms with Crippen molar-refractivity contribution in [3.8, 4) is 0 Å². The number of carbonyl (C=O) groups excluding carboxylic acids is 3. The Hall–Kier alpha value is -2.37. The number of carbonyl (C=O) groups is 3. The van der Waals surface area contributed by atoms with E-state index < -0.39 is 6.10 Å². The molecule has 0 N–H and O–H groups in total. The minimum atomic E-state index is -0.777. The summed E-state index contributed by atoms with van der Waals surface area (Å²) in [5.41, 5.74) is 0. The van der Waals surface area contributed by atoms with Gasteiger partial charge in [0.05, 0.1) is 0 Å². The van der Waals surface area contributed by atoms with Crippen molar-refractivity contribution in [2.45, 2.75) is 393 Å². The first-order valence-electron chi connectivity index (χ1n) is 35.0. The predicted molar refractivity (Wildman–Crippen MR) is 339 cm³/mol. The smallest absolute Gasteiger partial charge is 0.306 e. The van der Waals surface area contributed by atoms with Crippen molar-refractivity contribution in [2.75, 3.05) is 13.2 Å². The van der Waals surface area contributed by atoms with E-state index in [1.807, 2.05) is 0 Å². The fraction of sp³-hybridized carbons (Fsp3) is 0.875. The molecule has 0 rings (SSSR count). The number of unbranched alkanes of at least 4 members (excludes halogenated alkanes) is 48. The van der Waals surface area contributed by atoms with Gasteiger partial charge in [0.25, 0.3) is 0 Å². The molecular weight excluding hydrogens is 961 g/mol. The molecule has 1 atom stereocenters. The summed E-state index contributed by atoms with van der Waals surface area (Å²) in [6.07, 6.45) is 83.1.